The lowest BCUT2D eigenvalue weighted by atomic mass is 10.1. The van der Waals surface area contributed by atoms with Crippen LogP contribution in [-0.2, 0) is 11.2 Å². The van der Waals surface area contributed by atoms with Gasteiger partial charge in [0, 0.05) is 0 Å². The fourth-order valence-corrected chi connectivity index (χ4v) is 2.94. The highest BCUT2D eigenvalue weighted by Gasteiger charge is 2.23. The van der Waals surface area contributed by atoms with Crippen molar-refractivity contribution >= 4 is 34.6 Å². The number of para-hydroxylation sites is 1. The molecular weight excluding hydrogens is 292 g/mol. The van der Waals surface area contributed by atoms with E-state index < -0.39 is 0 Å². The summed E-state index contributed by atoms with van der Waals surface area (Å²) < 4.78 is 0. The number of hydrogen-bond acceptors (Lipinski definition) is 3. The summed E-state index contributed by atoms with van der Waals surface area (Å²) in [6, 6.07) is 17.8. The Labute approximate surface area is 134 Å². The van der Waals surface area contributed by atoms with Crippen LogP contribution in [0.2, 0.25) is 0 Å². The molecule has 2 aromatic rings. The Morgan fingerprint density at radius 3 is 2.50 bits per heavy atom. The predicted molar refractivity (Wildman–Crippen MR) is 93.1 cm³/mol. The molecule has 1 heterocycles. The Morgan fingerprint density at radius 1 is 1.09 bits per heavy atom. The van der Waals surface area contributed by atoms with E-state index in [1.807, 2.05) is 48.5 Å². The van der Waals surface area contributed by atoms with Crippen LogP contribution in [0.4, 0.5) is 5.69 Å². The standard InChI is InChI=1S/C18H16N2OS/c1-2-13-8-10-14(11-9-13)12-16-17(21)20-18(22-16)19-15-6-4-3-5-7-15/h3-12H,2H2,1H3,(H,19,20,21)/b16-12-. The quantitative estimate of drug-likeness (QED) is 0.866. The molecule has 2 aromatic carbocycles. The van der Waals surface area contributed by atoms with E-state index in [4.69, 9.17) is 0 Å². The number of nitrogens with one attached hydrogen (secondary N) is 1. The molecule has 0 radical (unpaired) electrons. The number of carbonyl (C=O) groups excluding carboxylic acids is 1. The molecule has 0 spiro atoms. The van der Waals surface area contributed by atoms with Crippen LogP contribution in [0.25, 0.3) is 6.08 Å². The number of hydrogen-bond donors (Lipinski definition) is 1. The van der Waals surface area contributed by atoms with Crippen molar-refractivity contribution in [2.24, 2.45) is 4.99 Å². The molecule has 22 heavy (non-hydrogen) atoms. The van der Waals surface area contributed by atoms with Crippen molar-refractivity contribution < 1.29 is 4.79 Å². The van der Waals surface area contributed by atoms with Crippen LogP contribution in [0.3, 0.4) is 0 Å². The highest BCUT2D eigenvalue weighted by atomic mass is 32.2. The topological polar surface area (TPSA) is 41.5 Å². The summed E-state index contributed by atoms with van der Waals surface area (Å²) in [7, 11) is 0. The summed E-state index contributed by atoms with van der Waals surface area (Å²) in [6.45, 7) is 2.13. The van der Waals surface area contributed by atoms with Crippen molar-refractivity contribution in [3.8, 4) is 0 Å². The van der Waals surface area contributed by atoms with Crippen molar-refractivity contribution in [2.45, 2.75) is 13.3 Å². The molecule has 1 amide bonds. The molecular formula is C18H16N2OS. The number of carbonyl (C=O) groups is 1. The van der Waals surface area contributed by atoms with Gasteiger partial charge in [-0.2, -0.15) is 0 Å². The van der Waals surface area contributed by atoms with Crippen molar-refractivity contribution in [3.05, 3.63) is 70.6 Å². The largest absolute Gasteiger partial charge is 0.300 e. The van der Waals surface area contributed by atoms with E-state index in [0.717, 1.165) is 17.7 Å². The number of aliphatic imine (C=N–C) groups is 1. The van der Waals surface area contributed by atoms with E-state index in [2.05, 4.69) is 29.4 Å². The first kappa shape index (κ1) is 14.6. The Morgan fingerprint density at radius 2 is 1.82 bits per heavy atom. The lowest BCUT2D eigenvalue weighted by molar-refractivity contribution is -0.115. The molecule has 0 bridgehead atoms. The highest BCUT2D eigenvalue weighted by Crippen LogP contribution is 2.27. The summed E-state index contributed by atoms with van der Waals surface area (Å²) in [4.78, 5) is 17.1. The molecule has 1 saturated heterocycles. The first-order valence-electron chi connectivity index (χ1n) is 7.18. The van der Waals surface area contributed by atoms with Crippen molar-refractivity contribution in [3.63, 3.8) is 0 Å². The van der Waals surface area contributed by atoms with Gasteiger partial charge in [0.05, 0.1) is 10.6 Å². The van der Waals surface area contributed by atoms with Crippen LogP contribution in [0, 0.1) is 0 Å². The average molecular weight is 308 g/mol. The molecule has 0 aromatic heterocycles. The third-order valence-electron chi connectivity index (χ3n) is 3.32. The molecule has 1 N–H and O–H groups in total. The third kappa shape index (κ3) is 3.46. The molecule has 1 aliphatic heterocycles. The SMILES string of the molecule is CCc1ccc(/C=C2\SC(=Nc3ccccc3)NC2=O)cc1. The predicted octanol–water partition coefficient (Wildman–Crippen LogP) is 4.14. The molecule has 3 nitrogen and oxygen atoms in total. The fourth-order valence-electron chi connectivity index (χ4n) is 2.10. The molecule has 1 fully saturated rings. The molecule has 4 heteroatoms. The van der Waals surface area contributed by atoms with Gasteiger partial charge in [-0.25, -0.2) is 4.99 Å². The van der Waals surface area contributed by atoms with Gasteiger partial charge >= 0.3 is 0 Å². The van der Waals surface area contributed by atoms with Gasteiger partial charge in [0.2, 0.25) is 0 Å². The fraction of sp³-hybridized carbons (Fsp3) is 0.111. The zero-order valence-electron chi connectivity index (χ0n) is 12.2. The number of rotatable bonds is 3. The molecule has 0 aliphatic carbocycles. The van der Waals surface area contributed by atoms with Crippen LogP contribution in [0.15, 0.2) is 64.5 Å². The van der Waals surface area contributed by atoms with Gasteiger partial charge in [0.15, 0.2) is 5.17 Å². The zero-order valence-corrected chi connectivity index (χ0v) is 13.1. The van der Waals surface area contributed by atoms with E-state index in [9.17, 15) is 4.79 Å². The van der Waals surface area contributed by atoms with E-state index in [-0.39, 0.29) is 5.91 Å². The second-order valence-electron chi connectivity index (χ2n) is 4.91. The summed E-state index contributed by atoms with van der Waals surface area (Å²) in [5, 5.41) is 3.42. The van der Waals surface area contributed by atoms with Gasteiger partial charge in [-0.05, 0) is 47.5 Å². The van der Waals surface area contributed by atoms with E-state index in [1.165, 1.54) is 17.3 Å². The number of aryl methyl sites for hydroxylation is 1. The first-order valence-corrected chi connectivity index (χ1v) is 8.00. The maximum Gasteiger partial charge on any atom is 0.264 e. The maximum absolute atomic E-state index is 12.0. The van der Waals surface area contributed by atoms with E-state index in [0.29, 0.717) is 10.1 Å². The monoisotopic (exact) mass is 308 g/mol. The second-order valence-corrected chi connectivity index (χ2v) is 5.94. The van der Waals surface area contributed by atoms with Gasteiger partial charge in [-0.15, -0.1) is 0 Å². The number of benzene rings is 2. The van der Waals surface area contributed by atoms with Crippen LogP contribution in [-0.4, -0.2) is 11.1 Å². The number of thioether (sulfide) groups is 1. The Hall–Kier alpha value is -2.33. The van der Waals surface area contributed by atoms with Gasteiger partial charge in [0.1, 0.15) is 0 Å². The van der Waals surface area contributed by atoms with Crippen molar-refractivity contribution in [2.75, 3.05) is 0 Å². The summed E-state index contributed by atoms with van der Waals surface area (Å²) in [5.74, 6) is -0.0979. The molecule has 110 valence electrons. The lowest BCUT2D eigenvalue weighted by Crippen LogP contribution is -2.19. The highest BCUT2D eigenvalue weighted by molar-refractivity contribution is 8.18. The summed E-state index contributed by atoms with van der Waals surface area (Å²) in [5.41, 5.74) is 3.15. The Balaban J connectivity index is 1.79. The van der Waals surface area contributed by atoms with Gasteiger partial charge in [-0.1, -0.05) is 49.4 Å². The van der Waals surface area contributed by atoms with Gasteiger partial charge in [-0.3, -0.25) is 4.79 Å². The number of nitrogens with zero attached hydrogens (tertiary/aromatic N) is 1. The minimum Gasteiger partial charge on any atom is -0.300 e. The first-order chi connectivity index (χ1) is 10.7. The van der Waals surface area contributed by atoms with Crippen LogP contribution in [0.1, 0.15) is 18.1 Å². The molecule has 0 saturated carbocycles. The molecule has 0 unspecified atom stereocenters. The molecule has 0 atom stereocenters. The lowest BCUT2D eigenvalue weighted by Gasteiger charge is -1.98. The van der Waals surface area contributed by atoms with Gasteiger partial charge in [0.25, 0.3) is 5.91 Å². The minimum absolute atomic E-state index is 0.0979. The van der Waals surface area contributed by atoms with E-state index >= 15 is 0 Å². The Bertz CT molecular complexity index is 733. The number of amides is 1. The van der Waals surface area contributed by atoms with Crippen LogP contribution in [0.5, 0.6) is 0 Å². The smallest absolute Gasteiger partial charge is 0.264 e. The van der Waals surface area contributed by atoms with E-state index in [1.54, 1.807) is 0 Å². The minimum atomic E-state index is -0.0979. The summed E-state index contributed by atoms with van der Waals surface area (Å²) >= 11 is 1.37. The zero-order chi connectivity index (χ0) is 15.4. The molecule has 3 rings (SSSR count). The molecule has 1 aliphatic rings. The maximum atomic E-state index is 12.0. The number of amidine groups is 1. The Kier molecular flexibility index (Phi) is 4.39. The van der Waals surface area contributed by atoms with Crippen LogP contribution >= 0.6 is 11.8 Å². The van der Waals surface area contributed by atoms with Crippen molar-refractivity contribution in [1.29, 1.82) is 0 Å². The normalized spacial score (nSPS) is 18.0. The average Bonchev–Trinajstić information content (AvgIpc) is 2.88. The second kappa shape index (κ2) is 6.62. The van der Waals surface area contributed by atoms with Crippen molar-refractivity contribution in [1.82, 2.24) is 5.32 Å². The van der Waals surface area contributed by atoms with Crippen LogP contribution < -0.4 is 5.32 Å². The summed E-state index contributed by atoms with van der Waals surface area (Å²) in [6.07, 6.45) is 2.91. The van der Waals surface area contributed by atoms with Gasteiger partial charge < -0.3 is 5.32 Å². The third-order valence-corrected chi connectivity index (χ3v) is 4.23.